The van der Waals surface area contributed by atoms with Gasteiger partial charge in [-0.05, 0) is 19.3 Å². The summed E-state index contributed by atoms with van der Waals surface area (Å²) in [6.07, 6.45) is 12.0. The van der Waals surface area contributed by atoms with Crippen LogP contribution in [-0.4, -0.2) is 0 Å². The summed E-state index contributed by atoms with van der Waals surface area (Å²) in [6.45, 7) is 7.61. The molecule has 0 aliphatic heterocycles. The summed E-state index contributed by atoms with van der Waals surface area (Å²) in [5.41, 5.74) is 0.109. The second-order valence-corrected chi connectivity index (χ2v) is 2.82. The van der Waals surface area contributed by atoms with Crippen LogP contribution in [0.1, 0.15) is 19.3 Å². The molecule has 0 N–H and O–H groups in total. The molecule has 1 aliphatic carbocycles. The lowest BCUT2D eigenvalue weighted by Gasteiger charge is -2.25. The van der Waals surface area contributed by atoms with Gasteiger partial charge in [0.1, 0.15) is 0 Å². The van der Waals surface area contributed by atoms with Gasteiger partial charge < -0.3 is 0 Å². The van der Waals surface area contributed by atoms with Crippen molar-refractivity contribution in [3.05, 3.63) is 37.5 Å². The lowest BCUT2D eigenvalue weighted by atomic mass is 9.79. The summed E-state index contributed by atoms with van der Waals surface area (Å²) in [5.74, 6) is 0. The van der Waals surface area contributed by atoms with E-state index < -0.39 is 0 Å². The van der Waals surface area contributed by atoms with Crippen molar-refractivity contribution >= 4 is 0 Å². The Kier molecular flexibility index (Phi) is 2.10. The average molecular weight is 134 g/mol. The van der Waals surface area contributed by atoms with Gasteiger partial charge >= 0.3 is 0 Å². The van der Waals surface area contributed by atoms with Crippen LogP contribution >= 0.6 is 0 Å². The molecule has 0 aromatic carbocycles. The Morgan fingerprint density at radius 3 is 2.30 bits per heavy atom. The van der Waals surface area contributed by atoms with E-state index in [1.165, 1.54) is 19.3 Å². The van der Waals surface area contributed by atoms with Crippen LogP contribution in [0.2, 0.25) is 0 Å². The van der Waals surface area contributed by atoms with E-state index in [1.54, 1.807) is 0 Å². The highest BCUT2D eigenvalue weighted by Crippen LogP contribution is 2.32. The van der Waals surface area contributed by atoms with Crippen LogP contribution in [0.4, 0.5) is 0 Å². The Labute approximate surface area is 62.9 Å². The standard InChI is InChI=1S/C10H14/c1-3-10(4-2)8-6-5-7-9-10/h3-4,6,8H,1-2,5,7,9H2. The van der Waals surface area contributed by atoms with Gasteiger partial charge in [0.25, 0.3) is 0 Å². The fourth-order valence-electron chi connectivity index (χ4n) is 1.34. The van der Waals surface area contributed by atoms with Crippen LogP contribution in [0.5, 0.6) is 0 Å². The third kappa shape index (κ3) is 1.21. The van der Waals surface area contributed by atoms with Crippen molar-refractivity contribution in [2.45, 2.75) is 19.3 Å². The maximum Gasteiger partial charge on any atom is 0.0236 e. The third-order valence-electron chi connectivity index (χ3n) is 2.17. The summed E-state index contributed by atoms with van der Waals surface area (Å²) >= 11 is 0. The normalized spacial score (nSPS) is 22.0. The monoisotopic (exact) mass is 134 g/mol. The minimum absolute atomic E-state index is 0.109. The molecule has 10 heavy (non-hydrogen) atoms. The van der Waals surface area contributed by atoms with Crippen LogP contribution in [-0.2, 0) is 0 Å². The Morgan fingerprint density at radius 1 is 1.30 bits per heavy atom. The first-order valence-corrected chi connectivity index (χ1v) is 3.78. The molecule has 0 unspecified atom stereocenters. The van der Waals surface area contributed by atoms with E-state index in [2.05, 4.69) is 25.3 Å². The summed E-state index contributed by atoms with van der Waals surface area (Å²) in [6, 6.07) is 0. The molecule has 0 amide bonds. The van der Waals surface area contributed by atoms with Crippen molar-refractivity contribution in [2.24, 2.45) is 5.41 Å². The van der Waals surface area contributed by atoms with Gasteiger partial charge in [0.05, 0.1) is 0 Å². The van der Waals surface area contributed by atoms with Gasteiger partial charge in [0.2, 0.25) is 0 Å². The molecule has 0 aromatic heterocycles. The van der Waals surface area contributed by atoms with Crippen molar-refractivity contribution in [3.8, 4) is 0 Å². The lowest BCUT2D eigenvalue weighted by Crippen LogP contribution is -2.12. The molecule has 1 aliphatic rings. The molecule has 0 radical (unpaired) electrons. The topological polar surface area (TPSA) is 0 Å². The first kappa shape index (κ1) is 7.33. The van der Waals surface area contributed by atoms with Gasteiger partial charge in [-0.25, -0.2) is 0 Å². The molecular weight excluding hydrogens is 120 g/mol. The fourth-order valence-corrected chi connectivity index (χ4v) is 1.34. The van der Waals surface area contributed by atoms with Crippen molar-refractivity contribution in [1.29, 1.82) is 0 Å². The van der Waals surface area contributed by atoms with E-state index in [9.17, 15) is 0 Å². The molecule has 0 fully saturated rings. The minimum atomic E-state index is 0.109. The van der Waals surface area contributed by atoms with Gasteiger partial charge in [-0.3, -0.25) is 0 Å². The Bertz CT molecular complexity index is 155. The van der Waals surface area contributed by atoms with Crippen LogP contribution in [0, 0.1) is 5.41 Å². The molecule has 0 spiro atoms. The van der Waals surface area contributed by atoms with Crippen LogP contribution < -0.4 is 0 Å². The van der Waals surface area contributed by atoms with Gasteiger partial charge in [0.15, 0.2) is 0 Å². The van der Waals surface area contributed by atoms with Gasteiger partial charge in [0, 0.05) is 5.41 Å². The summed E-state index contributed by atoms with van der Waals surface area (Å²) in [7, 11) is 0. The van der Waals surface area contributed by atoms with Crippen molar-refractivity contribution in [3.63, 3.8) is 0 Å². The third-order valence-corrected chi connectivity index (χ3v) is 2.17. The summed E-state index contributed by atoms with van der Waals surface area (Å²) in [4.78, 5) is 0. The molecule has 1 rings (SSSR count). The highest BCUT2D eigenvalue weighted by atomic mass is 14.2. The van der Waals surface area contributed by atoms with Crippen molar-refractivity contribution in [1.82, 2.24) is 0 Å². The maximum atomic E-state index is 3.80. The number of hydrogen-bond acceptors (Lipinski definition) is 0. The quantitative estimate of drug-likeness (QED) is 0.509. The number of allylic oxidation sites excluding steroid dienone is 4. The second-order valence-electron chi connectivity index (χ2n) is 2.82. The Hall–Kier alpha value is -0.780. The molecule has 0 atom stereocenters. The summed E-state index contributed by atoms with van der Waals surface area (Å²) < 4.78 is 0. The molecule has 0 aromatic rings. The Morgan fingerprint density at radius 2 is 2.00 bits per heavy atom. The van der Waals surface area contributed by atoms with E-state index in [0.29, 0.717) is 0 Å². The fraction of sp³-hybridized carbons (Fsp3) is 0.400. The van der Waals surface area contributed by atoms with E-state index >= 15 is 0 Å². The number of hydrogen-bond donors (Lipinski definition) is 0. The van der Waals surface area contributed by atoms with Gasteiger partial charge in [-0.2, -0.15) is 0 Å². The maximum absolute atomic E-state index is 3.80. The van der Waals surface area contributed by atoms with E-state index in [0.717, 1.165) is 0 Å². The first-order chi connectivity index (χ1) is 4.83. The first-order valence-electron chi connectivity index (χ1n) is 3.78. The van der Waals surface area contributed by atoms with E-state index in [4.69, 9.17) is 0 Å². The van der Waals surface area contributed by atoms with Gasteiger partial charge in [-0.15, -0.1) is 13.2 Å². The van der Waals surface area contributed by atoms with Crippen LogP contribution in [0.15, 0.2) is 37.5 Å². The zero-order chi connectivity index (χ0) is 7.45. The smallest absolute Gasteiger partial charge is 0.0236 e. The molecular formula is C10H14. The predicted molar refractivity (Wildman–Crippen MR) is 45.8 cm³/mol. The average Bonchev–Trinajstić information content (AvgIpc) is 2.06. The van der Waals surface area contributed by atoms with Gasteiger partial charge in [-0.1, -0.05) is 24.3 Å². The van der Waals surface area contributed by atoms with Crippen LogP contribution in [0.3, 0.4) is 0 Å². The predicted octanol–water partition coefficient (Wildman–Crippen LogP) is 3.08. The zero-order valence-electron chi connectivity index (χ0n) is 6.34. The zero-order valence-corrected chi connectivity index (χ0v) is 6.34. The SMILES string of the molecule is C=CC1(C=C)C=CCCC1. The molecule has 0 bridgehead atoms. The molecule has 0 saturated heterocycles. The molecule has 54 valence electrons. The molecule has 0 heterocycles. The molecule has 0 heteroatoms. The highest BCUT2D eigenvalue weighted by Gasteiger charge is 2.19. The molecule has 0 saturated carbocycles. The van der Waals surface area contributed by atoms with Crippen LogP contribution in [0.25, 0.3) is 0 Å². The van der Waals surface area contributed by atoms with Crippen molar-refractivity contribution in [2.75, 3.05) is 0 Å². The Balaban J connectivity index is 2.80. The van der Waals surface area contributed by atoms with E-state index in [1.807, 2.05) is 12.2 Å². The highest BCUT2D eigenvalue weighted by molar-refractivity contribution is 5.19. The number of rotatable bonds is 2. The molecule has 0 nitrogen and oxygen atoms in total. The lowest BCUT2D eigenvalue weighted by molar-refractivity contribution is 0.516. The van der Waals surface area contributed by atoms with Crippen molar-refractivity contribution < 1.29 is 0 Å². The van der Waals surface area contributed by atoms with E-state index in [-0.39, 0.29) is 5.41 Å². The summed E-state index contributed by atoms with van der Waals surface area (Å²) in [5, 5.41) is 0. The second kappa shape index (κ2) is 2.87. The minimum Gasteiger partial charge on any atom is -0.102 e. The largest absolute Gasteiger partial charge is 0.102 e.